The number of nitrogen functional groups attached to an aromatic ring is 1. The Morgan fingerprint density at radius 2 is 2.17 bits per heavy atom. The number of sulfonamides is 1. The zero-order valence-electron chi connectivity index (χ0n) is 12.5. The number of fused-ring (bicyclic) bond motifs is 1. The number of hydrogen-bond donors (Lipinski definition) is 3. The molecule has 3 aromatic rings. The van der Waals surface area contributed by atoms with Gasteiger partial charge in [-0.3, -0.25) is 9.40 Å². The van der Waals surface area contributed by atoms with Crippen LogP contribution in [0.15, 0.2) is 29.4 Å². The number of benzene rings is 1. The van der Waals surface area contributed by atoms with Crippen LogP contribution in [0, 0.1) is 18.3 Å². The van der Waals surface area contributed by atoms with E-state index in [0.717, 1.165) is 5.56 Å². The Morgan fingerprint density at radius 1 is 1.43 bits per heavy atom. The van der Waals surface area contributed by atoms with Crippen molar-refractivity contribution in [2.45, 2.75) is 11.8 Å². The molecule has 0 saturated heterocycles. The van der Waals surface area contributed by atoms with Crippen LogP contribution in [0.2, 0.25) is 0 Å². The molecule has 2 aromatic heterocycles. The third kappa shape index (κ3) is 2.29. The van der Waals surface area contributed by atoms with Gasteiger partial charge in [-0.2, -0.15) is 10.4 Å². The van der Waals surface area contributed by atoms with E-state index in [-0.39, 0.29) is 10.7 Å². The molecule has 0 aliphatic heterocycles. The zero-order chi connectivity index (χ0) is 16.8. The first-order valence-corrected chi connectivity index (χ1v) is 8.14. The SMILES string of the molecule is Cc1ccc(NS(=O)(=O)c2cnn(C)c2N)c2[nH]cc(C#N)c12. The number of aromatic nitrogens is 3. The monoisotopic (exact) mass is 330 g/mol. The van der Waals surface area contributed by atoms with E-state index in [4.69, 9.17) is 11.0 Å². The molecular weight excluding hydrogens is 316 g/mol. The third-order valence-corrected chi connectivity index (χ3v) is 5.03. The topological polar surface area (TPSA) is 130 Å². The Labute approximate surface area is 132 Å². The van der Waals surface area contributed by atoms with Crippen LogP contribution in [0.3, 0.4) is 0 Å². The Balaban J connectivity index is 2.12. The molecule has 0 aliphatic rings. The van der Waals surface area contributed by atoms with E-state index in [1.165, 1.54) is 10.9 Å². The molecule has 0 aliphatic carbocycles. The molecule has 0 amide bonds. The van der Waals surface area contributed by atoms with Crippen molar-refractivity contribution >= 4 is 32.4 Å². The highest BCUT2D eigenvalue weighted by Crippen LogP contribution is 2.30. The maximum absolute atomic E-state index is 12.5. The fourth-order valence-corrected chi connectivity index (χ4v) is 3.59. The van der Waals surface area contributed by atoms with Crippen molar-refractivity contribution < 1.29 is 8.42 Å². The maximum Gasteiger partial charge on any atom is 0.267 e. The van der Waals surface area contributed by atoms with Crippen molar-refractivity contribution in [1.29, 1.82) is 5.26 Å². The van der Waals surface area contributed by atoms with E-state index in [0.29, 0.717) is 22.2 Å². The van der Waals surface area contributed by atoms with Crippen molar-refractivity contribution in [3.8, 4) is 6.07 Å². The summed E-state index contributed by atoms with van der Waals surface area (Å²) in [5, 5.41) is 13.7. The van der Waals surface area contributed by atoms with E-state index < -0.39 is 10.0 Å². The van der Waals surface area contributed by atoms with E-state index >= 15 is 0 Å². The number of anilines is 2. The van der Waals surface area contributed by atoms with Crippen LogP contribution in [0.1, 0.15) is 11.1 Å². The molecule has 4 N–H and O–H groups in total. The first-order chi connectivity index (χ1) is 10.8. The van der Waals surface area contributed by atoms with Crippen molar-refractivity contribution in [3.05, 3.63) is 35.7 Å². The first kappa shape index (κ1) is 14.9. The summed E-state index contributed by atoms with van der Waals surface area (Å²) in [5.74, 6) is 0.0463. The summed E-state index contributed by atoms with van der Waals surface area (Å²) >= 11 is 0. The second-order valence-electron chi connectivity index (χ2n) is 5.12. The predicted molar refractivity (Wildman–Crippen MR) is 86.2 cm³/mol. The highest BCUT2D eigenvalue weighted by Gasteiger charge is 2.22. The number of nitrogens with zero attached hydrogens (tertiary/aromatic N) is 3. The number of nitrogens with one attached hydrogen (secondary N) is 2. The predicted octanol–water partition coefficient (Wildman–Crippen LogP) is 1.46. The quantitative estimate of drug-likeness (QED) is 0.669. The van der Waals surface area contributed by atoms with E-state index in [9.17, 15) is 8.42 Å². The first-order valence-electron chi connectivity index (χ1n) is 6.66. The maximum atomic E-state index is 12.5. The average molecular weight is 330 g/mol. The number of H-pyrrole nitrogens is 1. The van der Waals surface area contributed by atoms with Crippen molar-refractivity contribution in [1.82, 2.24) is 14.8 Å². The van der Waals surface area contributed by atoms with Crippen LogP contribution < -0.4 is 10.5 Å². The van der Waals surface area contributed by atoms with Gasteiger partial charge in [-0.15, -0.1) is 0 Å². The van der Waals surface area contributed by atoms with Gasteiger partial charge in [0, 0.05) is 18.6 Å². The number of aromatic amines is 1. The van der Waals surface area contributed by atoms with Gasteiger partial charge >= 0.3 is 0 Å². The van der Waals surface area contributed by atoms with Gasteiger partial charge in [0.2, 0.25) is 0 Å². The molecule has 3 rings (SSSR count). The number of nitrogens with two attached hydrogens (primary N) is 1. The summed E-state index contributed by atoms with van der Waals surface area (Å²) in [6, 6.07) is 5.47. The minimum Gasteiger partial charge on any atom is -0.383 e. The molecule has 0 unspecified atom stereocenters. The second kappa shape index (κ2) is 5.03. The van der Waals surface area contributed by atoms with Gasteiger partial charge in [0.25, 0.3) is 10.0 Å². The summed E-state index contributed by atoms with van der Waals surface area (Å²) < 4.78 is 28.8. The molecular formula is C14H14N6O2S. The van der Waals surface area contributed by atoms with Crippen LogP contribution >= 0.6 is 0 Å². The lowest BCUT2D eigenvalue weighted by Crippen LogP contribution is -2.15. The summed E-state index contributed by atoms with van der Waals surface area (Å²) in [5.41, 5.74) is 7.96. The number of aryl methyl sites for hydroxylation is 2. The van der Waals surface area contributed by atoms with Crippen LogP contribution in [0.5, 0.6) is 0 Å². The Kier molecular flexibility index (Phi) is 3.26. The standard InChI is InChI=1S/C14H14N6O2S/c1-8-3-4-10(13-12(8)9(5-15)6-17-13)19-23(21,22)11-7-18-20(2)14(11)16/h3-4,6-7,17,19H,16H2,1-2H3. The van der Waals surface area contributed by atoms with Crippen LogP contribution in [-0.4, -0.2) is 23.2 Å². The molecule has 0 spiro atoms. The minimum atomic E-state index is -3.89. The zero-order valence-corrected chi connectivity index (χ0v) is 13.3. The molecule has 0 atom stereocenters. The molecule has 23 heavy (non-hydrogen) atoms. The van der Waals surface area contributed by atoms with E-state index in [2.05, 4.69) is 20.9 Å². The normalized spacial score (nSPS) is 11.5. The van der Waals surface area contributed by atoms with Gasteiger partial charge in [-0.05, 0) is 18.6 Å². The molecule has 1 aromatic carbocycles. The van der Waals surface area contributed by atoms with Gasteiger partial charge in [-0.25, -0.2) is 8.42 Å². The smallest absolute Gasteiger partial charge is 0.267 e. The van der Waals surface area contributed by atoms with Crippen molar-refractivity contribution in [2.75, 3.05) is 10.5 Å². The van der Waals surface area contributed by atoms with Gasteiger partial charge in [0.15, 0.2) is 0 Å². The minimum absolute atomic E-state index is 0.0463. The average Bonchev–Trinajstić information content (AvgIpc) is 3.07. The van der Waals surface area contributed by atoms with E-state index in [1.807, 2.05) is 6.92 Å². The lowest BCUT2D eigenvalue weighted by molar-refractivity contribution is 0.601. The summed E-state index contributed by atoms with van der Waals surface area (Å²) in [6.07, 6.45) is 2.74. The molecule has 2 heterocycles. The lowest BCUT2D eigenvalue weighted by Gasteiger charge is -2.09. The molecule has 8 nitrogen and oxygen atoms in total. The lowest BCUT2D eigenvalue weighted by atomic mass is 10.1. The molecule has 0 fully saturated rings. The Hall–Kier alpha value is -2.99. The number of nitriles is 1. The molecule has 9 heteroatoms. The van der Waals surface area contributed by atoms with Crippen LogP contribution in [-0.2, 0) is 17.1 Å². The van der Waals surface area contributed by atoms with Crippen molar-refractivity contribution in [3.63, 3.8) is 0 Å². The largest absolute Gasteiger partial charge is 0.383 e. The Morgan fingerprint density at radius 3 is 2.78 bits per heavy atom. The third-order valence-electron chi connectivity index (χ3n) is 3.65. The highest BCUT2D eigenvalue weighted by molar-refractivity contribution is 7.92. The molecule has 0 radical (unpaired) electrons. The summed E-state index contributed by atoms with van der Waals surface area (Å²) in [7, 11) is -2.33. The highest BCUT2D eigenvalue weighted by atomic mass is 32.2. The van der Waals surface area contributed by atoms with Crippen LogP contribution in [0.25, 0.3) is 10.9 Å². The fraction of sp³-hybridized carbons (Fsp3) is 0.143. The second-order valence-corrected chi connectivity index (χ2v) is 6.77. The number of rotatable bonds is 3. The van der Waals surface area contributed by atoms with Gasteiger partial charge in [0.1, 0.15) is 16.8 Å². The summed E-state index contributed by atoms with van der Waals surface area (Å²) in [6.45, 7) is 1.86. The van der Waals surface area contributed by atoms with Crippen LogP contribution in [0.4, 0.5) is 11.5 Å². The Bertz CT molecular complexity index is 1060. The van der Waals surface area contributed by atoms with Gasteiger partial charge in [-0.1, -0.05) is 6.07 Å². The number of hydrogen-bond acceptors (Lipinski definition) is 5. The molecule has 0 saturated carbocycles. The van der Waals surface area contributed by atoms with Gasteiger partial charge in [0.05, 0.1) is 23.0 Å². The van der Waals surface area contributed by atoms with Crippen molar-refractivity contribution in [2.24, 2.45) is 7.05 Å². The summed E-state index contributed by atoms with van der Waals surface area (Å²) in [4.78, 5) is 2.84. The molecule has 118 valence electrons. The molecule has 0 bridgehead atoms. The van der Waals surface area contributed by atoms with E-state index in [1.54, 1.807) is 25.4 Å². The fourth-order valence-electron chi connectivity index (χ4n) is 2.43. The van der Waals surface area contributed by atoms with Gasteiger partial charge < -0.3 is 10.7 Å².